The smallest absolute Gasteiger partial charge is 0.0810 e. The molecule has 1 heteroatoms. The van der Waals surface area contributed by atoms with Crippen LogP contribution in [-0.2, 0) is 4.74 Å². The average Bonchev–Trinajstić information content (AvgIpc) is 2.86. The van der Waals surface area contributed by atoms with E-state index in [1.54, 1.807) is 0 Å². The molecule has 0 bridgehead atoms. The first-order chi connectivity index (χ1) is 5.45. The van der Waals surface area contributed by atoms with Crippen molar-refractivity contribution in [3.8, 4) is 0 Å². The molecular formula is C10H18O. The minimum atomic E-state index is 0.664. The lowest BCUT2D eigenvalue weighted by atomic mass is 9.86. The fourth-order valence-corrected chi connectivity index (χ4v) is 2.13. The van der Waals surface area contributed by atoms with E-state index in [0.717, 1.165) is 12.5 Å². The molecule has 1 aliphatic carbocycles. The number of hydrogen-bond donors (Lipinski definition) is 0. The maximum atomic E-state index is 5.20. The molecule has 0 aromatic rings. The Bertz CT molecular complexity index is 112. The zero-order chi connectivity index (χ0) is 7.52. The number of epoxide rings is 1. The van der Waals surface area contributed by atoms with Crippen molar-refractivity contribution in [2.75, 3.05) is 6.61 Å². The lowest BCUT2D eigenvalue weighted by Crippen LogP contribution is -2.06. The SMILES string of the molecule is C1CCC(CC[C@@H]2CO2)CC1. The quantitative estimate of drug-likeness (QED) is 0.569. The first-order valence-corrected chi connectivity index (χ1v) is 5.07. The molecule has 0 N–H and O–H groups in total. The van der Waals surface area contributed by atoms with Crippen LogP contribution < -0.4 is 0 Å². The van der Waals surface area contributed by atoms with E-state index in [1.807, 2.05) is 0 Å². The van der Waals surface area contributed by atoms with Crippen LogP contribution in [0.15, 0.2) is 0 Å². The standard InChI is InChI=1S/C10H18O/c1-2-4-9(5-3-1)6-7-10-8-11-10/h9-10H,1-8H2/t10-/m1/s1. The Balaban J connectivity index is 1.59. The third kappa shape index (κ3) is 2.48. The summed E-state index contributed by atoms with van der Waals surface area (Å²) in [5.41, 5.74) is 0. The Hall–Kier alpha value is -0.0400. The van der Waals surface area contributed by atoms with Gasteiger partial charge in [-0.15, -0.1) is 0 Å². The molecule has 1 saturated carbocycles. The molecule has 2 fully saturated rings. The summed E-state index contributed by atoms with van der Waals surface area (Å²) in [5.74, 6) is 1.05. The highest BCUT2D eigenvalue weighted by molar-refractivity contribution is 4.73. The van der Waals surface area contributed by atoms with E-state index in [-0.39, 0.29) is 0 Å². The van der Waals surface area contributed by atoms with Gasteiger partial charge in [0, 0.05) is 0 Å². The van der Waals surface area contributed by atoms with E-state index in [0.29, 0.717) is 6.10 Å². The highest BCUT2D eigenvalue weighted by Gasteiger charge is 2.23. The van der Waals surface area contributed by atoms with Gasteiger partial charge in [0.15, 0.2) is 0 Å². The number of rotatable bonds is 3. The molecule has 64 valence electrons. The Kier molecular flexibility index (Phi) is 2.47. The van der Waals surface area contributed by atoms with Gasteiger partial charge in [-0.1, -0.05) is 32.1 Å². The average molecular weight is 154 g/mol. The molecule has 11 heavy (non-hydrogen) atoms. The molecule has 0 aromatic heterocycles. The summed E-state index contributed by atoms with van der Waals surface area (Å²) in [6.07, 6.45) is 10.9. The van der Waals surface area contributed by atoms with E-state index < -0.39 is 0 Å². The van der Waals surface area contributed by atoms with Crippen LogP contribution in [0.2, 0.25) is 0 Å². The Morgan fingerprint density at radius 3 is 2.36 bits per heavy atom. The van der Waals surface area contributed by atoms with E-state index in [4.69, 9.17) is 4.74 Å². The lowest BCUT2D eigenvalue weighted by molar-refractivity contribution is 0.309. The fourth-order valence-electron chi connectivity index (χ4n) is 2.13. The van der Waals surface area contributed by atoms with Crippen LogP contribution in [0.5, 0.6) is 0 Å². The van der Waals surface area contributed by atoms with Crippen LogP contribution in [0.1, 0.15) is 44.9 Å². The minimum absolute atomic E-state index is 0.664. The summed E-state index contributed by atoms with van der Waals surface area (Å²) in [6.45, 7) is 1.05. The summed E-state index contributed by atoms with van der Waals surface area (Å²) in [4.78, 5) is 0. The normalized spacial score (nSPS) is 32.2. The van der Waals surface area contributed by atoms with Crippen molar-refractivity contribution in [2.24, 2.45) is 5.92 Å². The second-order valence-corrected chi connectivity index (χ2v) is 4.04. The molecule has 1 aliphatic heterocycles. The van der Waals surface area contributed by atoms with Crippen LogP contribution in [0.3, 0.4) is 0 Å². The molecule has 0 aromatic carbocycles. The van der Waals surface area contributed by atoms with Crippen LogP contribution >= 0.6 is 0 Å². The van der Waals surface area contributed by atoms with Crippen molar-refractivity contribution in [1.82, 2.24) is 0 Å². The second kappa shape index (κ2) is 3.57. The largest absolute Gasteiger partial charge is 0.373 e. The third-order valence-electron chi connectivity index (χ3n) is 3.02. The predicted octanol–water partition coefficient (Wildman–Crippen LogP) is 2.75. The van der Waals surface area contributed by atoms with Crippen molar-refractivity contribution in [1.29, 1.82) is 0 Å². The molecule has 1 heterocycles. The molecule has 0 radical (unpaired) electrons. The topological polar surface area (TPSA) is 12.5 Å². The Morgan fingerprint density at radius 2 is 1.73 bits per heavy atom. The second-order valence-electron chi connectivity index (χ2n) is 4.04. The van der Waals surface area contributed by atoms with Crippen molar-refractivity contribution >= 4 is 0 Å². The van der Waals surface area contributed by atoms with Gasteiger partial charge in [0.25, 0.3) is 0 Å². The van der Waals surface area contributed by atoms with Gasteiger partial charge in [-0.25, -0.2) is 0 Å². The summed E-state index contributed by atoms with van der Waals surface area (Å²) >= 11 is 0. The molecule has 0 spiro atoms. The highest BCUT2D eigenvalue weighted by atomic mass is 16.6. The number of ether oxygens (including phenoxy) is 1. The molecule has 1 atom stereocenters. The van der Waals surface area contributed by atoms with Gasteiger partial charge in [-0.2, -0.15) is 0 Å². The van der Waals surface area contributed by atoms with Crippen LogP contribution in [-0.4, -0.2) is 12.7 Å². The first-order valence-electron chi connectivity index (χ1n) is 5.07. The Labute approximate surface area is 69.1 Å². The molecule has 2 rings (SSSR count). The maximum Gasteiger partial charge on any atom is 0.0810 e. The van der Waals surface area contributed by atoms with Crippen LogP contribution in [0, 0.1) is 5.92 Å². The van der Waals surface area contributed by atoms with Gasteiger partial charge < -0.3 is 4.74 Å². The number of hydrogen-bond acceptors (Lipinski definition) is 1. The van der Waals surface area contributed by atoms with Gasteiger partial charge in [0.05, 0.1) is 12.7 Å². The summed E-state index contributed by atoms with van der Waals surface area (Å²) in [5, 5.41) is 0. The van der Waals surface area contributed by atoms with Crippen LogP contribution in [0.4, 0.5) is 0 Å². The zero-order valence-corrected chi connectivity index (χ0v) is 7.22. The van der Waals surface area contributed by atoms with Crippen molar-refractivity contribution < 1.29 is 4.74 Å². The van der Waals surface area contributed by atoms with E-state index >= 15 is 0 Å². The summed E-state index contributed by atoms with van der Waals surface area (Å²) in [7, 11) is 0. The van der Waals surface area contributed by atoms with Gasteiger partial charge in [0.2, 0.25) is 0 Å². The van der Waals surface area contributed by atoms with Gasteiger partial charge in [-0.05, 0) is 18.8 Å². The zero-order valence-electron chi connectivity index (χ0n) is 7.22. The van der Waals surface area contributed by atoms with Gasteiger partial charge >= 0.3 is 0 Å². The van der Waals surface area contributed by atoms with Crippen molar-refractivity contribution in [3.63, 3.8) is 0 Å². The summed E-state index contributed by atoms with van der Waals surface area (Å²) in [6, 6.07) is 0. The maximum absolute atomic E-state index is 5.20. The van der Waals surface area contributed by atoms with E-state index in [9.17, 15) is 0 Å². The molecule has 0 amide bonds. The predicted molar refractivity (Wildman–Crippen MR) is 45.5 cm³/mol. The van der Waals surface area contributed by atoms with Crippen molar-refractivity contribution in [2.45, 2.75) is 51.0 Å². The van der Waals surface area contributed by atoms with Gasteiger partial charge in [0.1, 0.15) is 0 Å². The third-order valence-corrected chi connectivity index (χ3v) is 3.02. The van der Waals surface area contributed by atoms with Crippen LogP contribution in [0.25, 0.3) is 0 Å². The summed E-state index contributed by atoms with van der Waals surface area (Å²) < 4.78 is 5.20. The monoisotopic (exact) mass is 154 g/mol. The highest BCUT2D eigenvalue weighted by Crippen LogP contribution is 2.29. The molecule has 1 saturated heterocycles. The minimum Gasteiger partial charge on any atom is -0.373 e. The van der Waals surface area contributed by atoms with E-state index in [2.05, 4.69) is 0 Å². The fraction of sp³-hybridized carbons (Fsp3) is 1.00. The lowest BCUT2D eigenvalue weighted by Gasteiger charge is -2.20. The molecule has 1 nitrogen and oxygen atoms in total. The Morgan fingerprint density at radius 1 is 1.00 bits per heavy atom. The van der Waals surface area contributed by atoms with Crippen molar-refractivity contribution in [3.05, 3.63) is 0 Å². The first kappa shape index (κ1) is 7.60. The molecule has 2 aliphatic rings. The van der Waals surface area contributed by atoms with E-state index in [1.165, 1.54) is 44.9 Å². The molecular weight excluding hydrogens is 136 g/mol. The van der Waals surface area contributed by atoms with Gasteiger partial charge in [-0.3, -0.25) is 0 Å². The molecule has 0 unspecified atom stereocenters.